The molecular weight excluding hydrogens is 430 g/mol. The van der Waals surface area contributed by atoms with Crippen LogP contribution in [0.25, 0.3) is 0 Å². The van der Waals surface area contributed by atoms with Crippen molar-refractivity contribution in [1.29, 1.82) is 0 Å². The predicted molar refractivity (Wildman–Crippen MR) is 144 cm³/mol. The average molecular weight is 478 g/mol. The van der Waals surface area contributed by atoms with Gasteiger partial charge in [0.05, 0.1) is 5.56 Å². The highest BCUT2D eigenvalue weighted by atomic mass is 16.5. The highest BCUT2D eigenvalue weighted by Crippen LogP contribution is 2.66. The molecule has 0 amide bonds. The molecule has 4 aliphatic rings. The number of aryl methyl sites for hydroxylation is 1. The number of fused-ring (bicyclic) bond motifs is 5. The van der Waals surface area contributed by atoms with Gasteiger partial charge in [-0.15, -0.1) is 0 Å². The molecule has 5 rings (SSSR count). The smallest absolute Gasteiger partial charge is 0.338 e. The van der Waals surface area contributed by atoms with Crippen LogP contribution in [0.3, 0.4) is 0 Å². The molecule has 3 fully saturated rings. The van der Waals surface area contributed by atoms with E-state index in [1.54, 1.807) is 17.7 Å². The number of benzene rings is 1. The van der Waals surface area contributed by atoms with E-state index < -0.39 is 0 Å². The molecule has 192 valence electrons. The van der Waals surface area contributed by atoms with Gasteiger partial charge in [0.15, 0.2) is 0 Å². The van der Waals surface area contributed by atoms with Gasteiger partial charge in [-0.05, 0) is 117 Å². The molecule has 0 saturated heterocycles. The number of nitrogens with two attached hydrogens (primary N) is 1. The first-order valence-electron chi connectivity index (χ1n) is 14.5. The molecule has 3 nitrogen and oxygen atoms in total. The number of esters is 1. The number of hydrogen-bond acceptors (Lipinski definition) is 3. The fourth-order valence-electron chi connectivity index (χ4n) is 9.08. The van der Waals surface area contributed by atoms with E-state index in [0.717, 1.165) is 48.5 Å². The zero-order chi connectivity index (χ0) is 24.8. The molecule has 0 aromatic heterocycles. The van der Waals surface area contributed by atoms with Crippen LogP contribution in [0.1, 0.15) is 114 Å². The van der Waals surface area contributed by atoms with Crippen LogP contribution in [-0.2, 0) is 4.74 Å². The number of carbonyl (C=O) groups excluding carboxylic acids is 1. The molecule has 3 heteroatoms. The third-order valence-corrected chi connectivity index (χ3v) is 11.2. The molecule has 0 bridgehead atoms. The largest absolute Gasteiger partial charge is 0.458 e. The lowest BCUT2D eigenvalue weighted by atomic mass is 9.47. The van der Waals surface area contributed by atoms with Gasteiger partial charge in [-0.25, -0.2) is 4.79 Å². The van der Waals surface area contributed by atoms with Crippen LogP contribution in [0, 0.1) is 41.4 Å². The van der Waals surface area contributed by atoms with Gasteiger partial charge in [0.25, 0.3) is 0 Å². The minimum Gasteiger partial charge on any atom is -0.458 e. The van der Waals surface area contributed by atoms with E-state index in [-0.39, 0.29) is 12.1 Å². The lowest BCUT2D eigenvalue weighted by Gasteiger charge is -2.58. The minimum atomic E-state index is -0.195. The lowest BCUT2D eigenvalue weighted by molar-refractivity contribution is -0.0536. The Morgan fingerprint density at radius 1 is 1.09 bits per heavy atom. The quantitative estimate of drug-likeness (QED) is 0.194. The summed E-state index contributed by atoms with van der Waals surface area (Å²) in [4.78, 5) is 12.9. The first kappa shape index (κ1) is 24.9. The van der Waals surface area contributed by atoms with Crippen molar-refractivity contribution in [3.8, 4) is 0 Å². The topological polar surface area (TPSA) is 52.3 Å². The Labute approximate surface area is 213 Å². The predicted octanol–water partition coefficient (Wildman–Crippen LogP) is 8.26. The zero-order valence-corrected chi connectivity index (χ0v) is 22.6. The van der Waals surface area contributed by atoms with Crippen molar-refractivity contribution in [3.63, 3.8) is 0 Å². The van der Waals surface area contributed by atoms with Gasteiger partial charge in [0.1, 0.15) is 6.10 Å². The van der Waals surface area contributed by atoms with Gasteiger partial charge in [-0.3, -0.25) is 0 Å². The number of anilines is 1. The minimum absolute atomic E-state index is 0.00129. The molecule has 0 aliphatic heterocycles. The van der Waals surface area contributed by atoms with Crippen LogP contribution in [0.5, 0.6) is 0 Å². The second kappa shape index (κ2) is 9.60. The third kappa shape index (κ3) is 4.36. The second-order valence-corrected chi connectivity index (χ2v) is 12.9. The van der Waals surface area contributed by atoms with E-state index in [1.807, 2.05) is 13.0 Å². The van der Waals surface area contributed by atoms with Crippen molar-refractivity contribution < 1.29 is 9.53 Å². The van der Waals surface area contributed by atoms with E-state index in [4.69, 9.17) is 10.5 Å². The molecule has 1 aromatic rings. The molecular formula is C32H47NO2. The fraction of sp³-hybridized carbons (Fsp3) is 0.719. The van der Waals surface area contributed by atoms with Crippen LogP contribution in [0.15, 0.2) is 29.8 Å². The third-order valence-electron chi connectivity index (χ3n) is 11.2. The van der Waals surface area contributed by atoms with Crippen molar-refractivity contribution in [1.82, 2.24) is 0 Å². The van der Waals surface area contributed by atoms with Gasteiger partial charge in [0, 0.05) is 12.1 Å². The summed E-state index contributed by atoms with van der Waals surface area (Å²) < 4.78 is 6.05. The molecule has 0 radical (unpaired) electrons. The summed E-state index contributed by atoms with van der Waals surface area (Å²) in [6.07, 6.45) is 18.2. The van der Waals surface area contributed by atoms with Crippen molar-refractivity contribution in [2.24, 2.45) is 34.5 Å². The van der Waals surface area contributed by atoms with Gasteiger partial charge < -0.3 is 10.5 Å². The van der Waals surface area contributed by atoms with Crippen LogP contribution >= 0.6 is 0 Å². The van der Waals surface area contributed by atoms with E-state index in [2.05, 4.69) is 26.8 Å². The van der Waals surface area contributed by atoms with Gasteiger partial charge >= 0.3 is 5.97 Å². The molecule has 1 aromatic carbocycles. The van der Waals surface area contributed by atoms with E-state index in [1.165, 1.54) is 57.8 Å². The van der Waals surface area contributed by atoms with Crippen molar-refractivity contribution in [2.75, 3.05) is 5.73 Å². The summed E-state index contributed by atoms with van der Waals surface area (Å²) in [6, 6.07) is 5.45. The fourth-order valence-corrected chi connectivity index (χ4v) is 9.08. The molecule has 0 spiro atoms. The normalized spacial score (nSPS) is 38.2. The van der Waals surface area contributed by atoms with E-state index in [9.17, 15) is 4.79 Å². The maximum atomic E-state index is 12.9. The summed E-state index contributed by atoms with van der Waals surface area (Å²) in [5.41, 5.74) is 10.5. The van der Waals surface area contributed by atoms with Crippen molar-refractivity contribution >= 4 is 11.7 Å². The van der Waals surface area contributed by atoms with Crippen LogP contribution in [0.4, 0.5) is 5.69 Å². The molecule has 7 atom stereocenters. The Morgan fingerprint density at radius 2 is 1.91 bits per heavy atom. The summed E-state index contributed by atoms with van der Waals surface area (Å²) in [5, 5.41) is 0. The molecule has 7 unspecified atom stereocenters. The number of allylic oxidation sites excluding steroid dienone is 1. The molecule has 4 aliphatic carbocycles. The van der Waals surface area contributed by atoms with Crippen molar-refractivity contribution in [3.05, 3.63) is 41.0 Å². The Hall–Kier alpha value is -1.77. The zero-order valence-electron chi connectivity index (χ0n) is 22.6. The Kier molecular flexibility index (Phi) is 6.83. The monoisotopic (exact) mass is 477 g/mol. The Morgan fingerprint density at radius 3 is 2.69 bits per heavy atom. The van der Waals surface area contributed by atoms with E-state index in [0.29, 0.717) is 22.1 Å². The Bertz CT molecular complexity index is 982. The van der Waals surface area contributed by atoms with Crippen LogP contribution in [-0.4, -0.2) is 12.1 Å². The molecule has 35 heavy (non-hydrogen) atoms. The first-order valence-corrected chi connectivity index (χ1v) is 14.5. The van der Waals surface area contributed by atoms with Gasteiger partial charge in [-0.1, -0.05) is 51.7 Å². The maximum Gasteiger partial charge on any atom is 0.338 e. The maximum absolute atomic E-state index is 12.9. The number of nitrogen functional groups attached to an aromatic ring is 1. The standard InChI is InChI=1S/C32H47NO2/c1-5-6-7-8-22-10-14-28-27-12-9-23-20-25(35-30(34)26-13-11-24(33)19-21(26)2)15-17-32(23,4)29(27)16-18-31(22,28)3/h9,11,13,19,22,25,27-29H,5-8,10,12,14-18,20,33H2,1-4H3. The SMILES string of the molecule is CCCCCC1CCC2C3CC=C4CC(OC(=O)c5ccc(N)cc5C)CCC4(C)C3CCC12C. The van der Waals surface area contributed by atoms with Gasteiger partial charge in [-0.2, -0.15) is 0 Å². The Balaban J connectivity index is 1.27. The van der Waals surface area contributed by atoms with E-state index >= 15 is 0 Å². The number of hydrogen-bond donors (Lipinski definition) is 1. The first-order chi connectivity index (χ1) is 16.8. The summed E-state index contributed by atoms with van der Waals surface area (Å²) >= 11 is 0. The highest BCUT2D eigenvalue weighted by molar-refractivity contribution is 5.91. The summed E-state index contributed by atoms with van der Waals surface area (Å²) in [7, 11) is 0. The molecule has 3 saturated carbocycles. The molecule has 0 heterocycles. The number of ether oxygens (including phenoxy) is 1. The second-order valence-electron chi connectivity index (χ2n) is 12.9. The van der Waals surface area contributed by atoms with Gasteiger partial charge in [0.2, 0.25) is 0 Å². The highest BCUT2D eigenvalue weighted by Gasteiger charge is 2.58. The number of unbranched alkanes of at least 4 members (excludes halogenated alkanes) is 2. The number of rotatable bonds is 6. The average Bonchev–Trinajstić information content (AvgIpc) is 3.16. The van der Waals surface area contributed by atoms with Crippen LogP contribution in [0.2, 0.25) is 0 Å². The molecule has 2 N–H and O–H groups in total. The number of carbonyl (C=O) groups is 1. The van der Waals surface area contributed by atoms with Crippen molar-refractivity contribution in [2.45, 2.75) is 111 Å². The summed E-state index contributed by atoms with van der Waals surface area (Å²) in [6.45, 7) is 9.47. The van der Waals surface area contributed by atoms with Crippen LogP contribution < -0.4 is 5.73 Å². The summed E-state index contributed by atoms with van der Waals surface area (Å²) in [5.74, 6) is 3.33. The lowest BCUT2D eigenvalue weighted by Crippen LogP contribution is -2.50.